The Hall–Kier alpha value is -7.94. The van der Waals surface area contributed by atoms with Crippen molar-refractivity contribution in [1.29, 1.82) is 0 Å². The number of fused-ring (bicyclic) bond motifs is 12. The van der Waals surface area contributed by atoms with Gasteiger partial charge in [0.2, 0.25) is 6.71 Å². The fourth-order valence-corrected chi connectivity index (χ4v) is 20.7. The molecule has 10 aromatic rings. The van der Waals surface area contributed by atoms with Gasteiger partial charge in [-0.15, -0.1) is 0 Å². The van der Waals surface area contributed by atoms with Crippen LogP contribution in [0.3, 0.4) is 0 Å². The van der Waals surface area contributed by atoms with Crippen molar-refractivity contribution in [3.63, 3.8) is 0 Å². The highest BCUT2D eigenvalue weighted by atomic mass is 28.3. The molecule has 17 rings (SSSR count). The maximum absolute atomic E-state index is 8.12. The molecule has 3 aliphatic carbocycles. The molecule has 5 nitrogen and oxygen atoms in total. The highest BCUT2D eigenvalue weighted by Gasteiger charge is 2.65. The molecule has 2 bridgehead atoms. The lowest BCUT2D eigenvalue weighted by atomic mass is 9.29. The van der Waals surface area contributed by atoms with Crippen LogP contribution < -0.4 is 36.3 Å². The molecule has 7 atom stereocenters. The molecule has 0 saturated carbocycles. The van der Waals surface area contributed by atoms with E-state index in [1.54, 1.807) is 0 Å². The monoisotopic (exact) mass is 1030 g/mol. The number of para-hydroxylation sites is 3. The van der Waals surface area contributed by atoms with E-state index in [-0.39, 0.29) is 43.0 Å². The molecule has 0 radical (unpaired) electrons. The fourth-order valence-electron chi connectivity index (χ4n) is 15.5. The minimum absolute atomic E-state index is 0.0608. The van der Waals surface area contributed by atoms with E-state index < -0.39 is 8.07 Å². The third-order valence-corrected chi connectivity index (χ3v) is 23.2. The summed E-state index contributed by atoms with van der Waals surface area (Å²) in [6, 6.07) is 73.9. The van der Waals surface area contributed by atoms with Crippen molar-refractivity contribution in [3.8, 4) is 0 Å². The predicted octanol–water partition coefficient (Wildman–Crippen LogP) is 13.6. The summed E-state index contributed by atoms with van der Waals surface area (Å²) in [5, 5.41) is 7.98. The van der Waals surface area contributed by atoms with E-state index in [4.69, 9.17) is 13.9 Å². The number of hydrogen-bond donors (Lipinski definition) is 0. The molecule has 78 heavy (non-hydrogen) atoms. The van der Waals surface area contributed by atoms with Crippen LogP contribution in [0.25, 0.3) is 21.9 Å². The van der Waals surface area contributed by atoms with Gasteiger partial charge in [-0.1, -0.05) is 197 Å². The molecule has 2 saturated heterocycles. The summed E-state index contributed by atoms with van der Waals surface area (Å²) >= 11 is 0. The molecule has 378 valence electrons. The Morgan fingerprint density at radius 1 is 0.551 bits per heavy atom. The highest BCUT2D eigenvalue weighted by molar-refractivity contribution is 7.16. The number of nitrogens with zero attached hydrogens (tertiary/aromatic N) is 2. The third-order valence-electron chi connectivity index (χ3n) is 18.3. The number of allylic oxidation sites excluding steroid dienone is 4. The van der Waals surface area contributed by atoms with E-state index in [9.17, 15) is 0 Å². The van der Waals surface area contributed by atoms with E-state index in [0.717, 1.165) is 58.3 Å². The van der Waals surface area contributed by atoms with Gasteiger partial charge in [-0.25, -0.2) is 0 Å². The first kappa shape index (κ1) is 46.2. The van der Waals surface area contributed by atoms with Gasteiger partial charge in [-0.3, -0.25) is 0 Å². The summed E-state index contributed by atoms with van der Waals surface area (Å²) in [6.07, 6.45) is 9.08. The molecule has 7 aliphatic rings. The van der Waals surface area contributed by atoms with Crippen LogP contribution in [-0.2, 0) is 15.9 Å². The molecular formula is C71H59BN2O3Si. The lowest BCUT2D eigenvalue weighted by molar-refractivity contribution is 0.0338. The summed E-state index contributed by atoms with van der Waals surface area (Å²) in [5.41, 5.74) is 20.3. The van der Waals surface area contributed by atoms with Gasteiger partial charge in [-0.05, 0) is 138 Å². The van der Waals surface area contributed by atoms with Crippen molar-refractivity contribution in [2.24, 2.45) is 0 Å². The zero-order chi connectivity index (χ0) is 52.0. The van der Waals surface area contributed by atoms with Crippen LogP contribution in [0.4, 0.5) is 28.4 Å². The van der Waals surface area contributed by atoms with Crippen molar-refractivity contribution in [1.82, 2.24) is 0 Å². The van der Waals surface area contributed by atoms with Gasteiger partial charge in [0.15, 0.2) is 13.7 Å². The number of rotatable bonds is 8. The molecule has 7 heteroatoms. The summed E-state index contributed by atoms with van der Waals surface area (Å²) in [7, 11) is -3.06. The predicted molar refractivity (Wildman–Crippen MR) is 323 cm³/mol. The molecule has 2 fully saturated rings. The second kappa shape index (κ2) is 17.5. The normalized spacial score (nSPS) is 22.2. The molecule has 0 amide bonds. The number of anilines is 5. The Morgan fingerprint density at radius 3 is 1.87 bits per heavy atom. The average molecular weight is 1030 g/mol. The van der Waals surface area contributed by atoms with Gasteiger partial charge < -0.3 is 23.7 Å². The maximum Gasteiger partial charge on any atom is 0.228 e. The average Bonchev–Trinajstić information content (AvgIpc) is 4.11. The van der Waals surface area contributed by atoms with Crippen molar-refractivity contribution >= 4 is 91.6 Å². The van der Waals surface area contributed by atoms with Gasteiger partial charge in [0.05, 0.1) is 24.0 Å². The van der Waals surface area contributed by atoms with Crippen LogP contribution >= 0.6 is 0 Å². The lowest BCUT2D eigenvalue weighted by Gasteiger charge is -2.50. The number of furan rings is 1. The van der Waals surface area contributed by atoms with E-state index in [0.29, 0.717) is 0 Å². The standard InChI is InChI=1S/C71H59BN2O3Si/c1-43-31-44(2)34-49(33-43)63-67(50-35-45(3)32-46(4)36-50)76-70-65-71(77-69(63)70)74(52-21-11-6-12-22-52)61-42-56(78(53-23-13-7-14-24-53,54-25-15-8-16-26-54)55-39-47-37-48(38-47)40-55)41-60-64(61)72(65)59-30-29-58-57-27-17-18-28-62(57)75-68(58)66(59)73(60)51-19-9-5-10-20-51/h5-15,17-25,27-37,39-42,63,65,67,69-71H,16,26,38H2,1-4H3/t63?,65?,67?,69?,70?,71-,78?/m0/s1. The largest absolute Gasteiger partial charge is 0.454 e. The van der Waals surface area contributed by atoms with E-state index in [1.807, 2.05) is 0 Å². The van der Waals surface area contributed by atoms with Crippen LogP contribution in [0.5, 0.6) is 0 Å². The first-order chi connectivity index (χ1) is 38.3. The zero-order valence-corrected chi connectivity index (χ0v) is 45.5. The zero-order valence-electron chi connectivity index (χ0n) is 44.5. The Bertz CT molecular complexity index is 4090. The Morgan fingerprint density at radius 2 is 1.18 bits per heavy atom. The van der Waals surface area contributed by atoms with Gasteiger partial charge in [0, 0.05) is 45.3 Å². The molecule has 1 aromatic heterocycles. The smallest absolute Gasteiger partial charge is 0.228 e. The maximum atomic E-state index is 8.12. The van der Waals surface area contributed by atoms with Crippen LogP contribution in [0.1, 0.15) is 69.4 Å². The fraction of sp³-hybridized carbons (Fsp3) is 0.183. The van der Waals surface area contributed by atoms with Crippen LogP contribution in [0, 0.1) is 27.7 Å². The Kier molecular flexibility index (Phi) is 10.4. The highest BCUT2D eigenvalue weighted by Crippen LogP contribution is 2.60. The number of benzene rings is 9. The Labute approximate surface area is 458 Å². The van der Waals surface area contributed by atoms with Crippen LogP contribution in [0.15, 0.2) is 222 Å². The number of hydrogen-bond acceptors (Lipinski definition) is 5. The summed E-state index contributed by atoms with van der Waals surface area (Å²) < 4.78 is 23.3. The number of ether oxygens (including phenoxy) is 2. The summed E-state index contributed by atoms with van der Waals surface area (Å²) in [4.78, 5) is 5.19. The molecule has 9 aromatic carbocycles. The lowest BCUT2D eigenvalue weighted by Crippen LogP contribution is -2.70. The molecule has 5 heterocycles. The van der Waals surface area contributed by atoms with Crippen LogP contribution in [-0.4, -0.2) is 33.2 Å². The Balaban J connectivity index is 1.03. The molecule has 6 unspecified atom stereocenters. The van der Waals surface area contributed by atoms with E-state index >= 15 is 0 Å². The van der Waals surface area contributed by atoms with Crippen molar-refractivity contribution in [2.75, 3.05) is 9.80 Å². The summed E-state index contributed by atoms with van der Waals surface area (Å²) in [5.74, 6) is -0.184. The first-order valence-electron chi connectivity index (χ1n) is 28.1. The SMILES string of the molecule is Cc1cc(C)cc(C2OC3C(O[C@H]4C3B3c5ccc6c(oc7ccccc76)c5N(c5ccccc5)c5cc([Si](C6=CC=CCC6)(c6ccccc6)c6cc7cc(c6)C7)cc(c53)N4c3ccccc3)C2c2cc(C)cc(C)c2)c1. The van der Waals surface area contributed by atoms with Gasteiger partial charge in [0.25, 0.3) is 0 Å². The summed E-state index contributed by atoms with van der Waals surface area (Å²) in [6.45, 7) is 8.75. The number of aryl methyl sites for hydroxylation is 4. The van der Waals surface area contributed by atoms with E-state index in [2.05, 4.69) is 250 Å². The van der Waals surface area contributed by atoms with Crippen LogP contribution in [0.2, 0.25) is 5.82 Å². The van der Waals surface area contributed by atoms with Gasteiger partial charge in [0.1, 0.15) is 11.8 Å². The quantitative estimate of drug-likeness (QED) is 0.112. The molecule has 0 N–H and O–H groups in total. The second-order valence-electron chi connectivity index (χ2n) is 23.2. The first-order valence-corrected chi connectivity index (χ1v) is 30.1. The van der Waals surface area contributed by atoms with Crippen molar-refractivity contribution in [2.45, 2.75) is 83.2 Å². The van der Waals surface area contributed by atoms with Gasteiger partial charge in [-0.2, -0.15) is 0 Å². The topological polar surface area (TPSA) is 38.1 Å². The van der Waals surface area contributed by atoms with Gasteiger partial charge >= 0.3 is 0 Å². The van der Waals surface area contributed by atoms with Crippen molar-refractivity contribution < 1.29 is 13.9 Å². The minimum Gasteiger partial charge on any atom is -0.454 e. The third kappa shape index (κ3) is 6.81. The van der Waals surface area contributed by atoms with Crippen molar-refractivity contribution in [3.05, 3.63) is 262 Å². The molecular weight excluding hydrogens is 968 g/mol. The second-order valence-corrected chi connectivity index (χ2v) is 27.1. The van der Waals surface area contributed by atoms with E-state index in [1.165, 1.54) is 87.6 Å². The molecule has 0 spiro atoms. The molecule has 4 aliphatic heterocycles. The minimum atomic E-state index is -3.06.